The van der Waals surface area contributed by atoms with E-state index in [1.807, 2.05) is 0 Å². The molecule has 0 bridgehead atoms. The summed E-state index contributed by atoms with van der Waals surface area (Å²) >= 11 is 0. The van der Waals surface area contributed by atoms with E-state index in [0.717, 1.165) is 0 Å². The predicted molar refractivity (Wildman–Crippen MR) is 193 cm³/mol. The first-order valence-electron chi connectivity index (χ1n) is 18.9. The Morgan fingerprint density at radius 3 is 1.81 bits per heavy atom. The molecule has 0 amide bonds. The van der Waals surface area contributed by atoms with Crippen LogP contribution in [0.15, 0.2) is 24.3 Å². The van der Waals surface area contributed by atoms with Crippen LogP contribution in [0.25, 0.3) is 0 Å². The van der Waals surface area contributed by atoms with Crippen LogP contribution in [0.2, 0.25) is 0 Å². The number of ether oxygens (including phenoxy) is 12. The van der Waals surface area contributed by atoms with Gasteiger partial charge in [0, 0.05) is 37.5 Å². The number of cyclic esters (lactones) is 1. The minimum atomic E-state index is -1.53. The number of rotatable bonds is 15. The van der Waals surface area contributed by atoms with Crippen LogP contribution in [0, 0.1) is 11.8 Å². The average Bonchev–Trinajstić information content (AvgIpc) is 3.85. The van der Waals surface area contributed by atoms with Crippen molar-refractivity contribution >= 4 is 29.8 Å². The standard InChI is InChI=1S/C40H48O17/c1-8-28(41)49-17-27-36(54-29(42)9-2)37(55-30(43)10-3)38(56-31(44)11-4)40(53-27)57-34-21-15-24-23(51-18-52-24)14-20(21)32(33-22(34)16-50-39(33)45)19-12-25(46-5)35(48-7)26(13-19)47-6/h12-15,22,27,32-34,36-38,40H,8-11,16-18H2,1-7H3/t22-,27+,32-,33-,34+,36-,37-,38-,40-/m0/s1. The van der Waals surface area contributed by atoms with Crippen molar-refractivity contribution < 1.29 is 80.8 Å². The predicted octanol–water partition coefficient (Wildman–Crippen LogP) is 4.08. The number of benzene rings is 2. The molecule has 0 spiro atoms. The lowest BCUT2D eigenvalue weighted by Gasteiger charge is -2.47. The van der Waals surface area contributed by atoms with E-state index < -0.39 is 91.0 Å². The Hall–Kier alpha value is -5.29. The number of carbonyl (C=O) groups excluding carboxylic acids is 5. The summed E-state index contributed by atoms with van der Waals surface area (Å²) in [5, 5.41) is 0. The topological polar surface area (TPSA) is 196 Å². The molecule has 4 aliphatic rings. The quantitative estimate of drug-likeness (QED) is 0.184. The van der Waals surface area contributed by atoms with Crippen molar-refractivity contribution in [1.29, 1.82) is 0 Å². The molecule has 2 aromatic rings. The normalized spacial score (nSPS) is 26.9. The molecule has 2 fully saturated rings. The molecule has 2 saturated heterocycles. The summed E-state index contributed by atoms with van der Waals surface area (Å²) in [6, 6.07) is 7.06. The third kappa shape index (κ3) is 8.26. The first-order chi connectivity index (χ1) is 27.5. The molecule has 3 aliphatic heterocycles. The molecular formula is C40H48O17. The highest BCUT2D eigenvalue weighted by Crippen LogP contribution is 2.57. The van der Waals surface area contributed by atoms with Gasteiger partial charge < -0.3 is 56.8 Å². The molecule has 0 aromatic heterocycles. The van der Waals surface area contributed by atoms with Crippen LogP contribution in [0.5, 0.6) is 28.7 Å². The summed E-state index contributed by atoms with van der Waals surface area (Å²) in [6.45, 7) is 5.78. The van der Waals surface area contributed by atoms with E-state index >= 15 is 0 Å². The molecule has 3 heterocycles. The van der Waals surface area contributed by atoms with E-state index in [1.165, 1.54) is 21.3 Å². The minimum absolute atomic E-state index is 0.0379. The maximum atomic E-state index is 13.9. The molecule has 1 aliphatic carbocycles. The molecule has 0 unspecified atom stereocenters. The minimum Gasteiger partial charge on any atom is -0.493 e. The zero-order valence-electron chi connectivity index (χ0n) is 32.9. The van der Waals surface area contributed by atoms with Crippen molar-refractivity contribution in [2.24, 2.45) is 11.8 Å². The highest BCUT2D eigenvalue weighted by molar-refractivity contribution is 5.79. The highest BCUT2D eigenvalue weighted by atomic mass is 16.7. The molecule has 2 aromatic carbocycles. The van der Waals surface area contributed by atoms with E-state index in [1.54, 1.807) is 52.0 Å². The van der Waals surface area contributed by atoms with E-state index in [4.69, 9.17) is 56.8 Å². The summed E-state index contributed by atoms with van der Waals surface area (Å²) in [4.78, 5) is 65.1. The maximum Gasteiger partial charge on any atom is 0.310 e. The smallest absolute Gasteiger partial charge is 0.310 e. The number of carbonyl (C=O) groups is 5. The number of esters is 5. The van der Waals surface area contributed by atoms with Gasteiger partial charge in [-0.2, -0.15) is 0 Å². The fraction of sp³-hybridized carbons (Fsp3) is 0.575. The fourth-order valence-corrected chi connectivity index (χ4v) is 7.62. The summed E-state index contributed by atoms with van der Waals surface area (Å²) in [5.41, 5.74) is 1.83. The van der Waals surface area contributed by atoms with Gasteiger partial charge in [0.25, 0.3) is 0 Å². The number of methoxy groups -OCH3 is 3. The third-order valence-electron chi connectivity index (χ3n) is 10.4. The van der Waals surface area contributed by atoms with Crippen LogP contribution in [0.1, 0.15) is 82.1 Å². The van der Waals surface area contributed by atoms with Gasteiger partial charge in [-0.15, -0.1) is 0 Å². The molecule has 6 rings (SSSR count). The summed E-state index contributed by atoms with van der Waals surface area (Å²) in [5.74, 6) is -3.37. The first kappa shape index (κ1) is 41.3. The lowest BCUT2D eigenvalue weighted by molar-refractivity contribution is -0.323. The van der Waals surface area contributed by atoms with E-state index in [2.05, 4.69) is 0 Å². The maximum absolute atomic E-state index is 13.9. The van der Waals surface area contributed by atoms with E-state index in [0.29, 0.717) is 45.4 Å². The van der Waals surface area contributed by atoms with Crippen LogP contribution in [-0.4, -0.2) is 102 Å². The van der Waals surface area contributed by atoms with Crippen molar-refractivity contribution in [3.63, 3.8) is 0 Å². The molecule has 17 nitrogen and oxygen atoms in total. The molecular weight excluding hydrogens is 752 g/mol. The Labute approximate surface area is 329 Å². The molecule has 9 atom stereocenters. The second-order valence-corrected chi connectivity index (χ2v) is 13.7. The van der Waals surface area contributed by atoms with E-state index in [9.17, 15) is 24.0 Å². The van der Waals surface area contributed by atoms with Crippen molar-refractivity contribution in [2.45, 2.75) is 96.1 Å². The van der Waals surface area contributed by atoms with Crippen LogP contribution in [0.4, 0.5) is 0 Å². The first-order valence-corrected chi connectivity index (χ1v) is 18.9. The van der Waals surface area contributed by atoms with Crippen LogP contribution >= 0.6 is 0 Å². The number of fused-ring (bicyclic) bond motifs is 3. The summed E-state index contributed by atoms with van der Waals surface area (Å²) in [7, 11) is 4.47. The van der Waals surface area contributed by atoms with Gasteiger partial charge in [-0.1, -0.05) is 27.7 Å². The molecule has 0 N–H and O–H groups in total. The van der Waals surface area contributed by atoms with Gasteiger partial charge in [0.2, 0.25) is 12.5 Å². The van der Waals surface area contributed by atoms with Crippen molar-refractivity contribution in [1.82, 2.24) is 0 Å². The monoisotopic (exact) mass is 800 g/mol. The molecule has 0 radical (unpaired) electrons. The second-order valence-electron chi connectivity index (χ2n) is 13.7. The summed E-state index contributed by atoms with van der Waals surface area (Å²) in [6.07, 6.45) is -8.29. The Morgan fingerprint density at radius 1 is 0.684 bits per heavy atom. The van der Waals surface area contributed by atoms with Gasteiger partial charge in [-0.25, -0.2) is 0 Å². The zero-order valence-corrected chi connectivity index (χ0v) is 32.9. The SMILES string of the molecule is CCC(=O)OC[C@H]1O[C@@H](O[C@@H]2c3cc4c(cc3[C@H](c3cc(OC)c(OC)c(OC)c3)[C@H]3C(=O)OC[C@@H]32)OCO4)[C@@H](OC(=O)CC)[C@@H](OC(=O)CC)[C@H]1OC(=O)CC. The Bertz CT molecular complexity index is 1820. The van der Waals surface area contributed by atoms with Gasteiger partial charge in [0.1, 0.15) is 12.7 Å². The Kier molecular flexibility index (Phi) is 13.0. The Morgan fingerprint density at radius 2 is 1.25 bits per heavy atom. The third-order valence-corrected chi connectivity index (χ3v) is 10.4. The molecule has 310 valence electrons. The van der Waals surface area contributed by atoms with Crippen molar-refractivity contribution in [3.8, 4) is 28.7 Å². The van der Waals surface area contributed by atoms with Crippen LogP contribution in [-0.2, 0) is 57.1 Å². The molecule has 0 saturated carbocycles. The lowest BCUT2D eigenvalue weighted by atomic mass is 9.66. The second kappa shape index (κ2) is 17.9. The number of hydrogen-bond donors (Lipinski definition) is 0. The Balaban J connectivity index is 1.50. The summed E-state index contributed by atoms with van der Waals surface area (Å²) < 4.78 is 70.6. The molecule has 57 heavy (non-hydrogen) atoms. The molecule has 17 heteroatoms. The van der Waals surface area contributed by atoms with E-state index in [-0.39, 0.29) is 39.1 Å². The zero-order chi connectivity index (χ0) is 41.0. The van der Waals surface area contributed by atoms with Crippen LogP contribution < -0.4 is 23.7 Å². The van der Waals surface area contributed by atoms with Gasteiger partial charge in [0.05, 0.1) is 40.0 Å². The van der Waals surface area contributed by atoms with Gasteiger partial charge >= 0.3 is 29.8 Å². The largest absolute Gasteiger partial charge is 0.493 e. The van der Waals surface area contributed by atoms with Gasteiger partial charge in [-0.3, -0.25) is 24.0 Å². The van der Waals surface area contributed by atoms with Crippen molar-refractivity contribution in [2.75, 3.05) is 41.3 Å². The fourth-order valence-electron chi connectivity index (χ4n) is 7.62. The number of hydrogen-bond acceptors (Lipinski definition) is 17. The average molecular weight is 801 g/mol. The van der Waals surface area contributed by atoms with Gasteiger partial charge in [-0.05, 0) is 41.0 Å². The van der Waals surface area contributed by atoms with Gasteiger partial charge in [0.15, 0.2) is 47.6 Å². The van der Waals surface area contributed by atoms with Crippen LogP contribution in [0.3, 0.4) is 0 Å². The lowest BCUT2D eigenvalue weighted by Crippen LogP contribution is -2.63. The van der Waals surface area contributed by atoms with Crippen molar-refractivity contribution in [3.05, 3.63) is 41.0 Å². The highest BCUT2D eigenvalue weighted by Gasteiger charge is 2.58.